The lowest BCUT2D eigenvalue weighted by atomic mass is 10.2. The highest BCUT2D eigenvalue weighted by Gasteiger charge is 2.18. The smallest absolute Gasteiger partial charge is 0.162 e. The van der Waals surface area contributed by atoms with Gasteiger partial charge >= 0.3 is 0 Å². The third kappa shape index (κ3) is 15.9. The fourth-order valence-corrected chi connectivity index (χ4v) is 1.84. The van der Waals surface area contributed by atoms with Gasteiger partial charge in [-0.2, -0.15) is 0 Å². The number of carbonyl (C=O) groups is 2. The summed E-state index contributed by atoms with van der Waals surface area (Å²) in [4.78, 5) is 22.0. The molecular weight excluding hydrogens is 324 g/mol. The van der Waals surface area contributed by atoms with Crippen LogP contribution in [0, 0.1) is 0 Å². The molecule has 144 valence electrons. The van der Waals surface area contributed by atoms with Gasteiger partial charge in [0.15, 0.2) is 17.4 Å². The van der Waals surface area contributed by atoms with Crippen LogP contribution in [0.3, 0.4) is 0 Å². The molecule has 25 heavy (non-hydrogen) atoms. The molecule has 0 atom stereocenters. The van der Waals surface area contributed by atoms with Gasteiger partial charge in [0.05, 0.1) is 26.4 Å². The van der Waals surface area contributed by atoms with Gasteiger partial charge in [-0.25, -0.2) is 0 Å². The van der Waals surface area contributed by atoms with E-state index < -0.39 is 5.79 Å². The Labute approximate surface area is 151 Å². The Hall–Kier alpha value is -1.34. The molecule has 0 spiro atoms. The lowest BCUT2D eigenvalue weighted by molar-refractivity contribution is -0.223. The maximum absolute atomic E-state index is 11.0. The van der Waals surface area contributed by atoms with E-state index in [1.165, 1.54) is 12.2 Å². The minimum Gasteiger partial charge on any atom is -0.379 e. The standard InChI is InChI=1S/C19H32O6/c1-5-17(20)9-7-11-22-13-15-24-19(3,4)25-16-14-23-12-8-10-18(21)6-2/h5-6H,1-2,7-16H2,3-4H3. The van der Waals surface area contributed by atoms with Crippen LogP contribution < -0.4 is 0 Å². The molecule has 0 amide bonds. The highest BCUT2D eigenvalue weighted by molar-refractivity contribution is 5.89. The number of ketones is 2. The van der Waals surface area contributed by atoms with Crippen molar-refractivity contribution < 1.29 is 28.5 Å². The molecule has 0 heterocycles. The molecule has 0 aromatic heterocycles. The van der Waals surface area contributed by atoms with Gasteiger partial charge in [-0.15, -0.1) is 0 Å². The summed E-state index contributed by atoms with van der Waals surface area (Å²) in [6, 6.07) is 0. The van der Waals surface area contributed by atoms with Crippen LogP contribution in [-0.2, 0) is 28.5 Å². The van der Waals surface area contributed by atoms with E-state index in [0.29, 0.717) is 65.3 Å². The Morgan fingerprint density at radius 1 is 0.760 bits per heavy atom. The van der Waals surface area contributed by atoms with Gasteiger partial charge in [0.25, 0.3) is 0 Å². The van der Waals surface area contributed by atoms with Crippen LogP contribution >= 0.6 is 0 Å². The zero-order valence-corrected chi connectivity index (χ0v) is 15.6. The predicted octanol–water partition coefficient (Wildman–Crippen LogP) is 2.86. The van der Waals surface area contributed by atoms with E-state index in [1.807, 2.05) is 13.8 Å². The van der Waals surface area contributed by atoms with Crippen LogP contribution in [0.25, 0.3) is 0 Å². The molecule has 0 aliphatic rings. The van der Waals surface area contributed by atoms with Gasteiger partial charge in [0.1, 0.15) is 0 Å². The molecule has 0 bridgehead atoms. The van der Waals surface area contributed by atoms with Crippen molar-refractivity contribution in [1.82, 2.24) is 0 Å². The lowest BCUT2D eigenvalue weighted by Crippen LogP contribution is -2.31. The quantitative estimate of drug-likeness (QED) is 0.214. The van der Waals surface area contributed by atoms with Crippen molar-refractivity contribution in [2.24, 2.45) is 0 Å². The van der Waals surface area contributed by atoms with Crippen LogP contribution in [0.1, 0.15) is 39.5 Å². The highest BCUT2D eigenvalue weighted by Crippen LogP contribution is 2.10. The van der Waals surface area contributed by atoms with Crippen molar-refractivity contribution in [2.45, 2.75) is 45.3 Å². The average molecular weight is 356 g/mol. The van der Waals surface area contributed by atoms with E-state index in [0.717, 1.165) is 0 Å². The van der Waals surface area contributed by atoms with Gasteiger partial charge in [-0.1, -0.05) is 13.2 Å². The van der Waals surface area contributed by atoms with Gasteiger partial charge in [-0.3, -0.25) is 9.59 Å². The first-order chi connectivity index (χ1) is 11.9. The van der Waals surface area contributed by atoms with E-state index in [1.54, 1.807) is 0 Å². The summed E-state index contributed by atoms with van der Waals surface area (Å²) in [7, 11) is 0. The minimum absolute atomic E-state index is 0.0314. The molecule has 0 aliphatic carbocycles. The fraction of sp³-hybridized carbons (Fsp3) is 0.684. The molecular formula is C19H32O6. The predicted molar refractivity (Wildman–Crippen MR) is 96.5 cm³/mol. The molecule has 0 fully saturated rings. The zero-order valence-electron chi connectivity index (χ0n) is 15.6. The lowest BCUT2D eigenvalue weighted by Gasteiger charge is -2.25. The maximum Gasteiger partial charge on any atom is 0.162 e. The van der Waals surface area contributed by atoms with E-state index in [-0.39, 0.29) is 11.6 Å². The summed E-state index contributed by atoms with van der Waals surface area (Å²) in [6.45, 7) is 13.3. The summed E-state index contributed by atoms with van der Waals surface area (Å²) in [5.41, 5.74) is 0. The number of carbonyl (C=O) groups excluding carboxylic acids is 2. The van der Waals surface area contributed by atoms with Crippen molar-refractivity contribution >= 4 is 11.6 Å². The monoisotopic (exact) mass is 356 g/mol. The summed E-state index contributed by atoms with van der Waals surface area (Å²) in [6.07, 6.45) is 4.93. The summed E-state index contributed by atoms with van der Waals surface area (Å²) in [5, 5.41) is 0. The van der Waals surface area contributed by atoms with Gasteiger partial charge in [-0.05, 0) is 38.8 Å². The Bertz CT molecular complexity index is 367. The summed E-state index contributed by atoms with van der Waals surface area (Å²) < 4.78 is 22.0. The molecule has 0 saturated heterocycles. The largest absolute Gasteiger partial charge is 0.379 e. The van der Waals surface area contributed by atoms with E-state index in [2.05, 4.69) is 13.2 Å². The Morgan fingerprint density at radius 3 is 1.52 bits per heavy atom. The molecule has 0 saturated carbocycles. The van der Waals surface area contributed by atoms with Crippen LogP contribution in [0.15, 0.2) is 25.3 Å². The van der Waals surface area contributed by atoms with Gasteiger partial charge in [0.2, 0.25) is 0 Å². The second-order valence-electron chi connectivity index (χ2n) is 5.87. The molecule has 0 radical (unpaired) electrons. The van der Waals surface area contributed by atoms with E-state index >= 15 is 0 Å². The molecule has 0 aromatic carbocycles. The Kier molecular flexibility index (Phi) is 14.2. The topological polar surface area (TPSA) is 71.1 Å². The van der Waals surface area contributed by atoms with Crippen molar-refractivity contribution in [3.8, 4) is 0 Å². The van der Waals surface area contributed by atoms with Crippen LogP contribution in [0.5, 0.6) is 0 Å². The molecule has 6 heteroatoms. The minimum atomic E-state index is -0.718. The van der Waals surface area contributed by atoms with Gasteiger partial charge < -0.3 is 18.9 Å². The van der Waals surface area contributed by atoms with Crippen molar-refractivity contribution in [3.63, 3.8) is 0 Å². The molecule has 6 nitrogen and oxygen atoms in total. The zero-order chi connectivity index (χ0) is 19.0. The molecule has 0 unspecified atom stereocenters. The van der Waals surface area contributed by atoms with Crippen molar-refractivity contribution in [1.29, 1.82) is 0 Å². The molecule has 0 aliphatic heterocycles. The summed E-state index contributed by atoms with van der Waals surface area (Å²) in [5.74, 6) is -0.655. The fourth-order valence-electron chi connectivity index (χ4n) is 1.84. The normalized spacial score (nSPS) is 11.3. The van der Waals surface area contributed by atoms with Crippen LogP contribution in [0.2, 0.25) is 0 Å². The Morgan fingerprint density at radius 2 is 1.16 bits per heavy atom. The molecule has 0 N–H and O–H groups in total. The van der Waals surface area contributed by atoms with Gasteiger partial charge in [0, 0.05) is 26.1 Å². The highest BCUT2D eigenvalue weighted by atomic mass is 16.7. The first-order valence-corrected chi connectivity index (χ1v) is 8.65. The number of hydrogen-bond donors (Lipinski definition) is 0. The third-order valence-electron chi connectivity index (χ3n) is 3.23. The molecule has 0 aromatic rings. The SMILES string of the molecule is C=CC(=O)CCCOCCOC(C)(C)OCCOCCCC(=O)C=C. The average Bonchev–Trinajstić information content (AvgIpc) is 2.59. The second-order valence-corrected chi connectivity index (χ2v) is 5.87. The Balaban J connectivity index is 3.49. The summed E-state index contributed by atoms with van der Waals surface area (Å²) >= 11 is 0. The first kappa shape index (κ1) is 23.7. The van der Waals surface area contributed by atoms with E-state index in [4.69, 9.17) is 18.9 Å². The van der Waals surface area contributed by atoms with Crippen molar-refractivity contribution in [2.75, 3.05) is 39.6 Å². The number of hydrogen-bond acceptors (Lipinski definition) is 6. The van der Waals surface area contributed by atoms with Crippen LogP contribution in [0.4, 0.5) is 0 Å². The van der Waals surface area contributed by atoms with E-state index in [9.17, 15) is 9.59 Å². The van der Waals surface area contributed by atoms with Crippen LogP contribution in [-0.4, -0.2) is 57.0 Å². The number of allylic oxidation sites excluding steroid dienone is 2. The van der Waals surface area contributed by atoms with Crippen molar-refractivity contribution in [3.05, 3.63) is 25.3 Å². The molecule has 0 rings (SSSR count). The maximum atomic E-state index is 11.0. The third-order valence-corrected chi connectivity index (χ3v) is 3.23. The number of ether oxygens (including phenoxy) is 4. The first-order valence-electron chi connectivity index (χ1n) is 8.65. The second kappa shape index (κ2) is 15.0. The number of rotatable bonds is 18.